The Morgan fingerprint density at radius 3 is 2.08 bits per heavy atom. The van der Waals surface area contributed by atoms with Gasteiger partial charge in [0.25, 0.3) is 0 Å². The third-order valence-corrected chi connectivity index (χ3v) is 4.66. The van der Waals surface area contributed by atoms with Gasteiger partial charge in [-0.15, -0.1) is 0 Å². The standard InChI is InChI=1S/C23H20N2O/c26-23(16-18-10-4-1-5-11-18)25-22(20-14-8-3-9-15-20)17-21(24-25)19-12-6-2-7-13-19/h1-15,22H,16-17H2/t22-/m1/s1. The van der Waals surface area contributed by atoms with Crippen molar-refractivity contribution in [3.05, 3.63) is 108 Å². The monoisotopic (exact) mass is 340 g/mol. The van der Waals surface area contributed by atoms with Gasteiger partial charge < -0.3 is 0 Å². The Bertz CT molecular complexity index is 905. The van der Waals surface area contributed by atoms with E-state index in [0.29, 0.717) is 6.42 Å². The molecular weight excluding hydrogens is 320 g/mol. The minimum Gasteiger partial charge on any atom is -0.273 e. The van der Waals surface area contributed by atoms with E-state index < -0.39 is 0 Å². The minimum atomic E-state index is -0.0531. The van der Waals surface area contributed by atoms with Crippen molar-refractivity contribution in [2.75, 3.05) is 0 Å². The van der Waals surface area contributed by atoms with Crippen molar-refractivity contribution in [1.29, 1.82) is 0 Å². The van der Waals surface area contributed by atoms with Crippen molar-refractivity contribution in [2.24, 2.45) is 5.10 Å². The fourth-order valence-electron chi connectivity index (χ4n) is 3.33. The van der Waals surface area contributed by atoms with Gasteiger partial charge in [-0.25, -0.2) is 5.01 Å². The second kappa shape index (κ2) is 7.36. The molecule has 1 heterocycles. The zero-order valence-electron chi connectivity index (χ0n) is 14.5. The summed E-state index contributed by atoms with van der Waals surface area (Å²) in [6.07, 6.45) is 1.09. The SMILES string of the molecule is O=C(Cc1ccccc1)N1N=C(c2ccccc2)C[C@@H]1c1ccccc1. The molecule has 0 spiro atoms. The smallest absolute Gasteiger partial charge is 0.247 e. The zero-order valence-corrected chi connectivity index (χ0v) is 14.5. The van der Waals surface area contributed by atoms with Crippen molar-refractivity contribution in [1.82, 2.24) is 5.01 Å². The van der Waals surface area contributed by atoms with Crippen molar-refractivity contribution < 1.29 is 4.79 Å². The van der Waals surface area contributed by atoms with Gasteiger partial charge in [-0.3, -0.25) is 4.79 Å². The summed E-state index contributed by atoms with van der Waals surface area (Å²) in [5, 5.41) is 6.38. The lowest BCUT2D eigenvalue weighted by Crippen LogP contribution is -2.28. The second-order valence-corrected chi connectivity index (χ2v) is 6.44. The zero-order chi connectivity index (χ0) is 17.8. The van der Waals surface area contributed by atoms with E-state index in [1.54, 1.807) is 5.01 Å². The highest BCUT2D eigenvalue weighted by Crippen LogP contribution is 2.33. The fraction of sp³-hybridized carbons (Fsp3) is 0.130. The Morgan fingerprint density at radius 2 is 1.42 bits per heavy atom. The predicted octanol–water partition coefficient (Wildman–Crippen LogP) is 4.61. The first kappa shape index (κ1) is 16.3. The summed E-state index contributed by atoms with van der Waals surface area (Å²) in [4.78, 5) is 13.0. The highest BCUT2D eigenvalue weighted by molar-refractivity contribution is 6.03. The molecule has 1 amide bonds. The quantitative estimate of drug-likeness (QED) is 0.683. The summed E-state index contributed by atoms with van der Waals surface area (Å²) in [5.74, 6) is 0.0241. The maximum atomic E-state index is 13.0. The van der Waals surface area contributed by atoms with Gasteiger partial charge in [0.2, 0.25) is 5.91 Å². The molecule has 0 aliphatic carbocycles. The highest BCUT2D eigenvalue weighted by Gasteiger charge is 2.32. The molecule has 26 heavy (non-hydrogen) atoms. The number of hydrogen-bond donors (Lipinski definition) is 0. The fourth-order valence-corrected chi connectivity index (χ4v) is 3.33. The number of hydrogen-bond acceptors (Lipinski definition) is 2. The molecule has 3 nitrogen and oxygen atoms in total. The summed E-state index contributed by atoms with van der Waals surface area (Å²) < 4.78 is 0. The van der Waals surface area contributed by atoms with E-state index >= 15 is 0 Å². The van der Waals surface area contributed by atoms with Crippen LogP contribution in [0.15, 0.2) is 96.1 Å². The molecule has 0 aromatic heterocycles. The van der Waals surface area contributed by atoms with Gasteiger partial charge in [-0.2, -0.15) is 5.10 Å². The molecule has 128 valence electrons. The summed E-state index contributed by atoms with van der Waals surface area (Å²) in [5.41, 5.74) is 4.15. The van der Waals surface area contributed by atoms with E-state index in [2.05, 4.69) is 12.1 Å². The Hall–Kier alpha value is -3.20. The van der Waals surface area contributed by atoms with Gasteiger partial charge in [-0.1, -0.05) is 91.0 Å². The van der Waals surface area contributed by atoms with Crippen LogP contribution >= 0.6 is 0 Å². The number of carbonyl (C=O) groups is 1. The molecule has 3 heteroatoms. The summed E-state index contributed by atoms with van der Waals surface area (Å²) >= 11 is 0. The molecule has 0 bridgehead atoms. The first-order valence-electron chi connectivity index (χ1n) is 8.85. The Balaban J connectivity index is 1.65. The molecule has 0 N–H and O–H groups in total. The number of carbonyl (C=O) groups excluding carboxylic acids is 1. The van der Waals surface area contributed by atoms with Gasteiger partial charge >= 0.3 is 0 Å². The molecule has 1 atom stereocenters. The third kappa shape index (κ3) is 3.42. The maximum absolute atomic E-state index is 13.0. The van der Waals surface area contributed by atoms with Gasteiger partial charge in [0, 0.05) is 6.42 Å². The molecule has 1 aliphatic rings. The van der Waals surface area contributed by atoms with Crippen LogP contribution in [0.2, 0.25) is 0 Å². The molecule has 4 rings (SSSR count). The van der Waals surface area contributed by atoms with Crippen LogP contribution in [-0.4, -0.2) is 16.6 Å². The number of benzene rings is 3. The highest BCUT2D eigenvalue weighted by atomic mass is 16.2. The van der Waals surface area contributed by atoms with Crippen LogP contribution in [-0.2, 0) is 11.2 Å². The van der Waals surface area contributed by atoms with E-state index in [1.807, 2.05) is 78.9 Å². The average molecular weight is 340 g/mol. The normalized spacial score (nSPS) is 16.4. The largest absolute Gasteiger partial charge is 0.273 e. The van der Waals surface area contributed by atoms with Gasteiger partial charge in [0.1, 0.15) is 0 Å². The topological polar surface area (TPSA) is 32.7 Å². The Morgan fingerprint density at radius 1 is 0.846 bits per heavy atom. The van der Waals surface area contributed by atoms with Gasteiger partial charge in [0.15, 0.2) is 0 Å². The number of hydrazone groups is 1. The molecular formula is C23H20N2O. The molecule has 0 fully saturated rings. The van der Waals surface area contributed by atoms with Gasteiger partial charge in [0.05, 0.1) is 18.2 Å². The Kier molecular flexibility index (Phi) is 4.61. The lowest BCUT2D eigenvalue weighted by atomic mass is 9.98. The predicted molar refractivity (Wildman–Crippen MR) is 104 cm³/mol. The van der Waals surface area contributed by atoms with Crippen molar-refractivity contribution >= 4 is 11.6 Å². The number of amides is 1. The van der Waals surface area contributed by atoms with Crippen LogP contribution in [0.1, 0.15) is 29.2 Å². The molecule has 0 radical (unpaired) electrons. The maximum Gasteiger partial charge on any atom is 0.247 e. The van der Waals surface area contributed by atoms with Crippen molar-refractivity contribution in [3.63, 3.8) is 0 Å². The van der Waals surface area contributed by atoms with Crippen LogP contribution in [0.4, 0.5) is 0 Å². The van der Waals surface area contributed by atoms with Gasteiger partial charge in [-0.05, 0) is 16.7 Å². The van der Waals surface area contributed by atoms with E-state index in [-0.39, 0.29) is 11.9 Å². The van der Waals surface area contributed by atoms with Crippen LogP contribution in [0.25, 0.3) is 0 Å². The first-order valence-corrected chi connectivity index (χ1v) is 8.85. The second-order valence-electron chi connectivity index (χ2n) is 6.44. The van der Waals surface area contributed by atoms with Crippen molar-refractivity contribution in [3.8, 4) is 0 Å². The van der Waals surface area contributed by atoms with Crippen LogP contribution in [0.5, 0.6) is 0 Å². The lowest BCUT2D eigenvalue weighted by Gasteiger charge is -2.22. The molecule has 1 aliphatic heterocycles. The molecule has 0 saturated carbocycles. The van der Waals surface area contributed by atoms with E-state index in [0.717, 1.165) is 28.8 Å². The summed E-state index contributed by atoms with van der Waals surface area (Å²) in [6.45, 7) is 0. The van der Waals surface area contributed by atoms with Crippen LogP contribution in [0.3, 0.4) is 0 Å². The third-order valence-electron chi connectivity index (χ3n) is 4.66. The molecule has 0 unspecified atom stereocenters. The van der Waals surface area contributed by atoms with E-state index in [4.69, 9.17) is 5.10 Å². The Labute approximate surface area is 153 Å². The minimum absolute atomic E-state index is 0.0241. The van der Waals surface area contributed by atoms with E-state index in [9.17, 15) is 4.79 Å². The molecule has 3 aromatic rings. The lowest BCUT2D eigenvalue weighted by molar-refractivity contribution is -0.132. The van der Waals surface area contributed by atoms with Crippen LogP contribution < -0.4 is 0 Å². The number of rotatable bonds is 4. The number of nitrogens with zero attached hydrogens (tertiary/aromatic N) is 2. The van der Waals surface area contributed by atoms with Crippen molar-refractivity contribution in [2.45, 2.75) is 18.9 Å². The molecule has 3 aromatic carbocycles. The summed E-state index contributed by atoms with van der Waals surface area (Å²) in [7, 11) is 0. The average Bonchev–Trinajstić information content (AvgIpc) is 3.16. The van der Waals surface area contributed by atoms with E-state index in [1.165, 1.54) is 0 Å². The molecule has 0 saturated heterocycles. The van der Waals surface area contributed by atoms with Crippen LogP contribution in [0, 0.1) is 0 Å². The first-order chi connectivity index (χ1) is 12.8. The summed E-state index contributed by atoms with van der Waals surface area (Å²) in [6, 6.07) is 30.0.